The summed E-state index contributed by atoms with van der Waals surface area (Å²) in [4.78, 5) is 24.9. The molecule has 0 aliphatic carbocycles. The fourth-order valence-electron chi connectivity index (χ4n) is 2.90. The van der Waals surface area contributed by atoms with E-state index in [1.165, 1.54) is 0 Å². The van der Waals surface area contributed by atoms with Gasteiger partial charge in [0.05, 0.1) is 12.7 Å². The monoisotopic (exact) mass is 399 g/mol. The van der Waals surface area contributed by atoms with Crippen LogP contribution in [0.1, 0.15) is 26.3 Å². The second kappa shape index (κ2) is 8.40. The molecule has 0 radical (unpaired) electrons. The van der Waals surface area contributed by atoms with Gasteiger partial charge in [-0.15, -0.1) is 5.10 Å². The lowest BCUT2D eigenvalue weighted by Gasteiger charge is -2.04. The number of amides is 1. The molecule has 0 aliphatic rings. The maximum Gasteiger partial charge on any atom is 0.322 e. The maximum absolute atomic E-state index is 12.5. The van der Waals surface area contributed by atoms with Gasteiger partial charge < -0.3 is 9.15 Å². The molecule has 148 valence electrons. The number of ketones is 1. The van der Waals surface area contributed by atoms with Crippen molar-refractivity contribution in [1.29, 1.82) is 0 Å². The highest BCUT2D eigenvalue weighted by Gasteiger charge is 2.16. The molecule has 0 bridgehead atoms. The minimum atomic E-state index is -0.427. The second-order valence-electron chi connectivity index (χ2n) is 6.34. The first-order chi connectivity index (χ1) is 14.7. The van der Waals surface area contributed by atoms with Gasteiger partial charge in [-0.25, -0.2) is 0 Å². The van der Waals surface area contributed by atoms with Crippen LogP contribution in [0.15, 0.2) is 83.3 Å². The van der Waals surface area contributed by atoms with Gasteiger partial charge >= 0.3 is 6.01 Å². The summed E-state index contributed by atoms with van der Waals surface area (Å²) in [5.74, 6) is 0.272. The molecule has 1 amide bonds. The maximum atomic E-state index is 12.5. The minimum absolute atomic E-state index is 0.0367. The van der Waals surface area contributed by atoms with Gasteiger partial charge in [0.1, 0.15) is 5.75 Å². The number of anilines is 1. The molecular weight excluding hydrogens is 382 g/mol. The molecule has 1 N–H and O–H groups in total. The Bertz CT molecular complexity index is 1180. The van der Waals surface area contributed by atoms with Crippen molar-refractivity contribution in [3.63, 3.8) is 0 Å². The topological polar surface area (TPSA) is 94.3 Å². The molecule has 1 heterocycles. The van der Waals surface area contributed by atoms with Crippen LogP contribution in [0, 0.1) is 0 Å². The first kappa shape index (κ1) is 19.1. The molecule has 1 aromatic heterocycles. The van der Waals surface area contributed by atoms with E-state index in [4.69, 9.17) is 9.15 Å². The molecule has 0 aliphatic heterocycles. The summed E-state index contributed by atoms with van der Waals surface area (Å²) in [7, 11) is 1.55. The number of methoxy groups -OCH3 is 1. The van der Waals surface area contributed by atoms with E-state index in [2.05, 4.69) is 15.5 Å². The predicted octanol–water partition coefficient (Wildman–Crippen LogP) is 4.23. The molecule has 4 rings (SSSR count). The first-order valence-corrected chi connectivity index (χ1v) is 9.14. The van der Waals surface area contributed by atoms with Crippen molar-refractivity contribution >= 4 is 17.7 Å². The first-order valence-electron chi connectivity index (χ1n) is 9.14. The Morgan fingerprint density at radius 3 is 2.17 bits per heavy atom. The van der Waals surface area contributed by atoms with Gasteiger partial charge in [-0.05, 0) is 24.3 Å². The van der Waals surface area contributed by atoms with E-state index in [1.807, 2.05) is 18.2 Å². The van der Waals surface area contributed by atoms with Gasteiger partial charge in [-0.1, -0.05) is 59.7 Å². The van der Waals surface area contributed by atoms with Crippen molar-refractivity contribution in [3.05, 3.63) is 95.6 Å². The van der Waals surface area contributed by atoms with Crippen LogP contribution in [0.3, 0.4) is 0 Å². The summed E-state index contributed by atoms with van der Waals surface area (Å²) in [6.45, 7) is 0. The van der Waals surface area contributed by atoms with Crippen LogP contribution in [0.2, 0.25) is 0 Å². The lowest BCUT2D eigenvalue weighted by atomic mass is 10.0. The summed E-state index contributed by atoms with van der Waals surface area (Å²) in [6.07, 6.45) is 0. The SMILES string of the molecule is COc1ccccc1-c1nnc(NC(=O)c2ccc(C(=O)c3ccccc3)cc2)o1. The molecule has 0 atom stereocenters. The van der Waals surface area contributed by atoms with E-state index in [0.29, 0.717) is 28.0 Å². The predicted molar refractivity (Wildman–Crippen MR) is 111 cm³/mol. The van der Waals surface area contributed by atoms with E-state index in [1.54, 1.807) is 67.8 Å². The number of hydrogen-bond donors (Lipinski definition) is 1. The van der Waals surface area contributed by atoms with Gasteiger partial charge in [0, 0.05) is 16.7 Å². The number of nitrogens with one attached hydrogen (secondary N) is 1. The van der Waals surface area contributed by atoms with Crippen molar-refractivity contribution in [1.82, 2.24) is 10.2 Å². The lowest BCUT2D eigenvalue weighted by molar-refractivity contribution is 0.101. The highest BCUT2D eigenvalue weighted by molar-refractivity contribution is 6.10. The number of para-hydroxylation sites is 1. The Kier molecular flexibility index (Phi) is 5.34. The standard InChI is InChI=1S/C23H17N3O4/c1-29-19-10-6-5-9-18(19)22-25-26-23(30-22)24-21(28)17-13-11-16(12-14-17)20(27)15-7-3-2-4-8-15/h2-14H,1H3,(H,24,26,28). The van der Waals surface area contributed by atoms with Crippen LogP contribution in [-0.2, 0) is 0 Å². The largest absolute Gasteiger partial charge is 0.496 e. The molecule has 7 nitrogen and oxygen atoms in total. The molecule has 3 aromatic carbocycles. The molecule has 0 fully saturated rings. The highest BCUT2D eigenvalue weighted by Crippen LogP contribution is 2.29. The van der Waals surface area contributed by atoms with E-state index in [0.717, 1.165) is 0 Å². The summed E-state index contributed by atoms with van der Waals surface area (Å²) in [5, 5.41) is 10.4. The Morgan fingerprint density at radius 2 is 1.43 bits per heavy atom. The normalized spacial score (nSPS) is 10.4. The summed E-state index contributed by atoms with van der Waals surface area (Å²) < 4.78 is 10.8. The van der Waals surface area contributed by atoms with Gasteiger partial charge in [-0.2, -0.15) is 0 Å². The molecular formula is C23H17N3O4. The fourth-order valence-corrected chi connectivity index (χ4v) is 2.90. The average Bonchev–Trinajstić information content (AvgIpc) is 3.27. The number of nitrogens with zero attached hydrogens (tertiary/aromatic N) is 2. The molecule has 0 saturated carbocycles. The van der Waals surface area contributed by atoms with Gasteiger partial charge in [0.2, 0.25) is 0 Å². The van der Waals surface area contributed by atoms with Crippen LogP contribution in [-0.4, -0.2) is 29.0 Å². The van der Waals surface area contributed by atoms with Crippen molar-refractivity contribution < 1.29 is 18.7 Å². The van der Waals surface area contributed by atoms with E-state index < -0.39 is 5.91 Å². The smallest absolute Gasteiger partial charge is 0.322 e. The third kappa shape index (κ3) is 3.95. The van der Waals surface area contributed by atoms with Crippen LogP contribution in [0.5, 0.6) is 5.75 Å². The lowest BCUT2D eigenvalue weighted by Crippen LogP contribution is -2.12. The van der Waals surface area contributed by atoms with Crippen molar-refractivity contribution in [2.45, 2.75) is 0 Å². The number of carbonyl (C=O) groups is 2. The number of rotatable bonds is 6. The molecule has 0 saturated heterocycles. The molecule has 0 unspecified atom stereocenters. The van der Waals surface area contributed by atoms with Crippen molar-refractivity contribution in [2.75, 3.05) is 12.4 Å². The van der Waals surface area contributed by atoms with E-state index >= 15 is 0 Å². The van der Waals surface area contributed by atoms with Gasteiger partial charge in [0.25, 0.3) is 11.8 Å². The number of aromatic nitrogens is 2. The quantitative estimate of drug-likeness (QED) is 0.488. The van der Waals surface area contributed by atoms with Crippen molar-refractivity contribution in [2.24, 2.45) is 0 Å². The Hall–Kier alpha value is -4.26. The second-order valence-corrected chi connectivity index (χ2v) is 6.34. The summed E-state index contributed by atoms with van der Waals surface area (Å²) in [6, 6.07) is 22.5. The molecule has 30 heavy (non-hydrogen) atoms. The zero-order valence-corrected chi connectivity index (χ0v) is 16.0. The molecule has 7 heteroatoms. The Balaban J connectivity index is 1.47. The van der Waals surface area contributed by atoms with Crippen LogP contribution in [0.4, 0.5) is 6.01 Å². The third-order valence-electron chi connectivity index (χ3n) is 4.43. The highest BCUT2D eigenvalue weighted by atomic mass is 16.5. The summed E-state index contributed by atoms with van der Waals surface area (Å²) >= 11 is 0. The Labute approximate surface area is 172 Å². The van der Waals surface area contributed by atoms with Crippen LogP contribution >= 0.6 is 0 Å². The minimum Gasteiger partial charge on any atom is -0.496 e. The number of ether oxygens (including phenoxy) is 1. The Morgan fingerprint density at radius 1 is 0.800 bits per heavy atom. The van der Waals surface area contributed by atoms with Crippen LogP contribution in [0.25, 0.3) is 11.5 Å². The fraction of sp³-hybridized carbons (Fsp3) is 0.0435. The molecule has 0 spiro atoms. The number of benzene rings is 3. The zero-order chi connectivity index (χ0) is 20.9. The molecule has 4 aromatic rings. The summed E-state index contributed by atoms with van der Waals surface area (Å²) in [5.41, 5.74) is 2.06. The zero-order valence-electron chi connectivity index (χ0n) is 16.0. The van der Waals surface area contributed by atoms with Gasteiger partial charge in [-0.3, -0.25) is 14.9 Å². The number of hydrogen-bond acceptors (Lipinski definition) is 6. The van der Waals surface area contributed by atoms with E-state index in [9.17, 15) is 9.59 Å². The van der Waals surface area contributed by atoms with Gasteiger partial charge in [0.15, 0.2) is 5.78 Å². The van der Waals surface area contributed by atoms with E-state index in [-0.39, 0.29) is 17.7 Å². The van der Waals surface area contributed by atoms with Crippen LogP contribution < -0.4 is 10.1 Å². The number of carbonyl (C=O) groups excluding carboxylic acids is 2. The third-order valence-corrected chi connectivity index (χ3v) is 4.43. The average molecular weight is 399 g/mol. The van der Waals surface area contributed by atoms with Crippen molar-refractivity contribution in [3.8, 4) is 17.2 Å².